The topological polar surface area (TPSA) is 52.6 Å². The number of aromatic nitrogens is 1. The summed E-state index contributed by atoms with van der Waals surface area (Å²) in [6.45, 7) is 8.26. The summed E-state index contributed by atoms with van der Waals surface area (Å²) in [6.07, 6.45) is 0.716. The Morgan fingerprint density at radius 1 is 1.32 bits per heavy atom. The van der Waals surface area contributed by atoms with E-state index in [-0.39, 0.29) is 12.3 Å². The van der Waals surface area contributed by atoms with E-state index < -0.39 is 0 Å². The minimum absolute atomic E-state index is 0.120. The highest BCUT2D eigenvalue weighted by molar-refractivity contribution is 7.06. The van der Waals surface area contributed by atoms with Gasteiger partial charge in [-0.1, -0.05) is 0 Å². The molecule has 0 amide bonds. The molecule has 1 unspecified atom stereocenters. The van der Waals surface area contributed by atoms with E-state index in [1.54, 1.807) is 7.11 Å². The van der Waals surface area contributed by atoms with Crippen LogP contribution in [0.3, 0.4) is 0 Å². The fourth-order valence-corrected chi connectivity index (χ4v) is 2.39. The van der Waals surface area contributed by atoms with Crippen molar-refractivity contribution in [1.82, 2.24) is 9.69 Å². The van der Waals surface area contributed by atoms with E-state index in [2.05, 4.69) is 16.6 Å². The Bertz CT molecular complexity index is 340. The second kappa shape index (κ2) is 9.25. The average Bonchev–Trinajstić information content (AvgIpc) is 2.88. The molecule has 0 aliphatic rings. The first-order valence-corrected chi connectivity index (χ1v) is 7.45. The van der Waals surface area contributed by atoms with Gasteiger partial charge in [0.2, 0.25) is 5.88 Å². The van der Waals surface area contributed by atoms with Crippen molar-refractivity contribution >= 4 is 11.5 Å². The van der Waals surface area contributed by atoms with Crippen molar-refractivity contribution < 1.29 is 14.2 Å². The molecular weight excluding hydrogens is 264 g/mol. The zero-order valence-corrected chi connectivity index (χ0v) is 13.0. The van der Waals surface area contributed by atoms with Gasteiger partial charge in [-0.15, -0.1) is 0 Å². The van der Waals surface area contributed by atoms with Crippen LogP contribution in [-0.2, 0) is 9.47 Å². The Morgan fingerprint density at radius 3 is 2.53 bits per heavy atom. The van der Waals surface area contributed by atoms with Crippen molar-refractivity contribution in [2.24, 2.45) is 0 Å². The number of nitrogens with one attached hydrogen (secondary N) is 1. The van der Waals surface area contributed by atoms with Crippen LogP contribution in [0.4, 0.5) is 0 Å². The molecule has 1 heterocycles. The van der Waals surface area contributed by atoms with Gasteiger partial charge in [0.25, 0.3) is 0 Å². The molecule has 0 aliphatic heterocycles. The lowest BCUT2D eigenvalue weighted by molar-refractivity contribution is -0.138. The molecule has 0 fully saturated rings. The summed E-state index contributed by atoms with van der Waals surface area (Å²) in [5.74, 6) is 0.676. The molecule has 0 bridgehead atoms. The van der Waals surface area contributed by atoms with Crippen LogP contribution >= 0.6 is 11.5 Å². The number of ether oxygens (including phenoxy) is 3. The molecule has 6 heteroatoms. The van der Waals surface area contributed by atoms with Gasteiger partial charge in [0.15, 0.2) is 6.29 Å². The molecule has 0 saturated carbocycles. The maximum absolute atomic E-state index is 5.50. The van der Waals surface area contributed by atoms with Crippen molar-refractivity contribution in [2.75, 3.05) is 26.9 Å². The van der Waals surface area contributed by atoms with Crippen LogP contribution < -0.4 is 10.1 Å². The van der Waals surface area contributed by atoms with E-state index in [0.29, 0.717) is 19.1 Å². The minimum Gasteiger partial charge on any atom is -0.480 e. The monoisotopic (exact) mass is 288 g/mol. The number of hydrogen-bond acceptors (Lipinski definition) is 6. The van der Waals surface area contributed by atoms with Gasteiger partial charge in [0.05, 0.1) is 7.11 Å². The van der Waals surface area contributed by atoms with Crippen LogP contribution in [0.5, 0.6) is 5.88 Å². The second-order valence-electron chi connectivity index (χ2n) is 4.08. The summed E-state index contributed by atoms with van der Waals surface area (Å²) < 4.78 is 20.3. The first-order chi connectivity index (χ1) is 9.21. The smallest absolute Gasteiger partial charge is 0.225 e. The van der Waals surface area contributed by atoms with Crippen LogP contribution in [0.2, 0.25) is 0 Å². The van der Waals surface area contributed by atoms with E-state index >= 15 is 0 Å². The summed E-state index contributed by atoms with van der Waals surface area (Å²) in [5.41, 5.74) is 0. The molecule has 0 aromatic carbocycles. The van der Waals surface area contributed by atoms with E-state index in [1.807, 2.05) is 19.9 Å². The fourth-order valence-electron chi connectivity index (χ4n) is 1.68. The molecule has 110 valence electrons. The molecule has 0 saturated heterocycles. The van der Waals surface area contributed by atoms with Crippen molar-refractivity contribution in [3.8, 4) is 5.88 Å². The quantitative estimate of drug-likeness (QED) is 0.671. The summed E-state index contributed by atoms with van der Waals surface area (Å²) in [7, 11) is 1.63. The van der Waals surface area contributed by atoms with Crippen LogP contribution in [-0.4, -0.2) is 37.5 Å². The molecule has 19 heavy (non-hydrogen) atoms. The Kier molecular flexibility index (Phi) is 7.97. The maximum Gasteiger partial charge on any atom is 0.225 e. The molecule has 0 aliphatic carbocycles. The van der Waals surface area contributed by atoms with Gasteiger partial charge in [0.1, 0.15) is 0 Å². The second-order valence-corrected chi connectivity index (χ2v) is 4.91. The molecular formula is C13H24N2O3S. The van der Waals surface area contributed by atoms with Gasteiger partial charge >= 0.3 is 0 Å². The lowest BCUT2D eigenvalue weighted by atomic mass is 10.2. The van der Waals surface area contributed by atoms with Crippen molar-refractivity contribution in [3.63, 3.8) is 0 Å². The molecule has 5 nitrogen and oxygen atoms in total. The summed E-state index contributed by atoms with van der Waals surface area (Å²) in [6, 6.07) is 2.22. The summed E-state index contributed by atoms with van der Waals surface area (Å²) in [5, 5.41) is 3.44. The van der Waals surface area contributed by atoms with Crippen LogP contribution in [0.15, 0.2) is 6.07 Å². The highest BCUT2D eigenvalue weighted by Crippen LogP contribution is 2.22. The van der Waals surface area contributed by atoms with E-state index in [1.165, 1.54) is 16.4 Å². The molecule has 0 radical (unpaired) electrons. The molecule has 1 rings (SSSR count). The number of methoxy groups -OCH3 is 1. The van der Waals surface area contributed by atoms with Crippen LogP contribution in [0.25, 0.3) is 0 Å². The maximum atomic E-state index is 5.50. The normalized spacial score (nSPS) is 12.9. The van der Waals surface area contributed by atoms with Crippen molar-refractivity contribution in [1.29, 1.82) is 0 Å². The standard InChI is InChI=1S/C13H24N2O3S/c1-5-17-13(18-6-2)7-8-14-10(3)11-9-12(16-4)15-19-11/h9-10,13-14H,5-8H2,1-4H3. The minimum atomic E-state index is -0.120. The Balaban J connectivity index is 2.30. The lowest BCUT2D eigenvalue weighted by Gasteiger charge is -2.18. The Labute approximate surface area is 119 Å². The third-order valence-electron chi connectivity index (χ3n) is 2.68. The summed E-state index contributed by atoms with van der Waals surface area (Å²) >= 11 is 1.46. The van der Waals surface area contributed by atoms with E-state index in [0.717, 1.165) is 13.0 Å². The first kappa shape index (κ1) is 16.4. The third kappa shape index (κ3) is 5.86. The first-order valence-electron chi connectivity index (χ1n) is 6.68. The SMILES string of the molecule is CCOC(CCNC(C)c1cc(OC)ns1)OCC. The lowest BCUT2D eigenvalue weighted by Crippen LogP contribution is -2.26. The van der Waals surface area contributed by atoms with Crippen LogP contribution in [0.1, 0.15) is 38.1 Å². The zero-order valence-electron chi connectivity index (χ0n) is 12.1. The average molecular weight is 288 g/mol. The van der Waals surface area contributed by atoms with Gasteiger partial charge < -0.3 is 19.5 Å². The zero-order chi connectivity index (χ0) is 14.1. The van der Waals surface area contributed by atoms with Crippen LogP contribution in [0, 0.1) is 0 Å². The van der Waals surface area contributed by atoms with Gasteiger partial charge in [-0.3, -0.25) is 0 Å². The highest BCUT2D eigenvalue weighted by Gasteiger charge is 2.12. The number of rotatable bonds is 10. The van der Waals surface area contributed by atoms with Gasteiger partial charge in [-0.25, -0.2) is 0 Å². The third-order valence-corrected chi connectivity index (χ3v) is 3.63. The van der Waals surface area contributed by atoms with E-state index in [4.69, 9.17) is 14.2 Å². The fraction of sp³-hybridized carbons (Fsp3) is 0.769. The Morgan fingerprint density at radius 2 is 2.00 bits per heavy atom. The van der Waals surface area contributed by atoms with Crippen molar-refractivity contribution in [2.45, 2.75) is 39.5 Å². The molecule has 1 N–H and O–H groups in total. The Hall–Kier alpha value is -0.690. The van der Waals surface area contributed by atoms with Gasteiger partial charge in [-0.05, 0) is 32.3 Å². The molecule has 1 aromatic heterocycles. The number of hydrogen-bond donors (Lipinski definition) is 1. The van der Waals surface area contributed by atoms with Gasteiger partial charge in [-0.2, -0.15) is 4.37 Å². The molecule has 1 atom stereocenters. The molecule has 0 spiro atoms. The highest BCUT2D eigenvalue weighted by atomic mass is 32.1. The van der Waals surface area contributed by atoms with Gasteiger partial charge in [0, 0.05) is 43.2 Å². The predicted molar refractivity (Wildman–Crippen MR) is 76.7 cm³/mol. The number of nitrogens with zero attached hydrogens (tertiary/aromatic N) is 1. The molecule has 1 aromatic rings. The predicted octanol–water partition coefficient (Wildman–Crippen LogP) is 2.59. The van der Waals surface area contributed by atoms with Crippen molar-refractivity contribution in [3.05, 3.63) is 10.9 Å². The largest absolute Gasteiger partial charge is 0.480 e. The summed E-state index contributed by atoms with van der Waals surface area (Å²) in [4.78, 5) is 1.17. The van der Waals surface area contributed by atoms with E-state index in [9.17, 15) is 0 Å².